The Morgan fingerprint density at radius 1 is 1.56 bits per heavy atom. The minimum absolute atomic E-state index is 0.227. The van der Waals surface area contributed by atoms with Crippen molar-refractivity contribution in [3.63, 3.8) is 0 Å². The molecule has 1 aromatic rings. The number of hydrogen-bond donors (Lipinski definition) is 1. The van der Waals surface area contributed by atoms with Crippen molar-refractivity contribution in [1.82, 2.24) is 0 Å². The van der Waals surface area contributed by atoms with E-state index in [4.69, 9.17) is 4.74 Å². The predicted molar refractivity (Wildman–Crippen MR) is 67.7 cm³/mol. The van der Waals surface area contributed by atoms with Gasteiger partial charge in [0.05, 0.1) is 6.10 Å². The topological polar surface area (TPSA) is 29.5 Å². The van der Waals surface area contributed by atoms with Crippen molar-refractivity contribution in [2.24, 2.45) is 0 Å². The second-order valence-electron chi connectivity index (χ2n) is 4.70. The first-order valence-electron chi connectivity index (χ1n) is 5.70. The van der Waals surface area contributed by atoms with Gasteiger partial charge < -0.3 is 9.84 Å². The van der Waals surface area contributed by atoms with E-state index >= 15 is 0 Å². The van der Waals surface area contributed by atoms with Gasteiger partial charge in [-0.05, 0) is 31.5 Å². The molecule has 88 valence electrons. The van der Waals surface area contributed by atoms with Crippen LogP contribution >= 0.6 is 15.9 Å². The van der Waals surface area contributed by atoms with Gasteiger partial charge >= 0.3 is 0 Å². The molecular weight excluding hydrogens is 268 g/mol. The van der Waals surface area contributed by atoms with Gasteiger partial charge in [-0.15, -0.1) is 0 Å². The standard InChI is InChI=1S/C13H17BrO2/c1-3-6-13(2)8-11(15)10-7-9(14)4-5-12(10)16-13/h4-5,7,11,15H,3,6,8H2,1-2H3/t11-,13+/m1/s1. The number of hydrogen-bond acceptors (Lipinski definition) is 2. The molecule has 0 fully saturated rings. The highest BCUT2D eigenvalue weighted by atomic mass is 79.9. The van der Waals surface area contributed by atoms with E-state index < -0.39 is 6.10 Å². The van der Waals surface area contributed by atoms with Crippen LogP contribution in [0.25, 0.3) is 0 Å². The van der Waals surface area contributed by atoms with Gasteiger partial charge in [0, 0.05) is 16.5 Å². The molecule has 1 N–H and O–H groups in total. The van der Waals surface area contributed by atoms with Crippen molar-refractivity contribution >= 4 is 15.9 Å². The van der Waals surface area contributed by atoms with Crippen LogP contribution in [-0.4, -0.2) is 10.7 Å². The van der Waals surface area contributed by atoms with Gasteiger partial charge in [0.1, 0.15) is 11.4 Å². The van der Waals surface area contributed by atoms with Crippen LogP contribution in [0.15, 0.2) is 22.7 Å². The van der Waals surface area contributed by atoms with Crippen molar-refractivity contribution in [1.29, 1.82) is 0 Å². The second kappa shape index (κ2) is 4.38. The molecule has 0 saturated heterocycles. The molecule has 2 rings (SSSR count). The van der Waals surface area contributed by atoms with E-state index in [0.29, 0.717) is 6.42 Å². The van der Waals surface area contributed by atoms with E-state index in [-0.39, 0.29) is 5.60 Å². The molecule has 1 aliphatic heterocycles. The van der Waals surface area contributed by atoms with Crippen LogP contribution in [0.1, 0.15) is 44.8 Å². The fourth-order valence-corrected chi connectivity index (χ4v) is 2.76. The maximum Gasteiger partial charge on any atom is 0.126 e. The normalized spacial score (nSPS) is 28.4. The smallest absolute Gasteiger partial charge is 0.126 e. The van der Waals surface area contributed by atoms with E-state index in [1.54, 1.807) is 0 Å². The van der Waals surface area contributed by atoms with E-state index in [1.165, 1.54) is 0 Å². The molecule has 2 atom stereocenters. The molecule has 0 saturated carbocycles. The zero-order valence-corrected chi connectivity index (χ0v) is 11.3. The average Bonchev–Trinajstić information content (AvgIpc) is 2.19. The molecule has 2 nitrogen and oxygen atoms in total. The minimum Gasteiger partial charge on any atom is -0.487 e. The van der Waals surface area contributed by atoms with Crippen LogP contribution in [0.5, 0.6) is 5.75 Å². The van der Waals surface area contributed by atoms with Gasteiger partial charge in [-0.3, -0.25) is 0 Å². The van der Waals surface area contributed by atoms with Gasteiger partial charge in [-0.25, -0.2) is 0 Å². The molecule has 1 heterocycles. The Hall–Kier alpha value is -0.540. The molecule has 0 bridgehead atoms. The quantitative estimate of drug-likeness (QED) is 0.895. The van der Waals surface area contributed by atoms with Crippen LogP contribution < -0.4 is 4.74 Å². The number of benzene rings is 1. The molecule has 0 unspecified atom stereocenters. The highest BCUT2D eigenvalue weighted by Gasteiger charge is 2.35. The SMILES string of the molecule is CCC[C@@]1(C)C[C@@H](O)c2cc(Br)ccc2O1. The number of halogens is 1. The van der Waals surface area contributed by atoms with Crippen molar-refractivity contribution < 1.29 is 9.84 Å². The van der Waals surface area contributed by atoms with Crippen LogP contribution in [-0.2, 0) is 0 Å². The monoisotopic (exact) mass is 284 g/mol. The van der Waals surface area contributed by atoms with E-state index in [1.807, 2.05) is 18.2 Å². The zero-order chi connectivity index (χ0) is 11.8. The predicted octanol–water partition coefficient (Wildman–Crippen LogP) is 3.82. The summed E-state index contributed by atoms with van der Waals surface area (Å²) in [4.78, 5) is 0. The Balaban J connectivity index is 2.33. The number of rotatable bonds is 2. The minimum atomic E-state index is -0.419. The Morgan fingerprint density at radius 3 is 3.00 bits per heavy atom. The Labute approximate surface area is 105 Å². The van der Waals surface area contributed by atoms with Gasteiger partial charge in [-0.2, -0.15) is 0 Å². The summed E-state index contributed by atoms with van der Waals surface area (Å²) in [7, 11) is 0. The van der Waals surface area contributed by atoms with Crippen LogP contribution in [0.2, 0.25) is 0 Å². The van der Waals surface area contributed by atoms with Crippen molar-refractivity contribution in [2.75, 3.05) is 0 Å². The lowest BCUT2D eigenvalue weighted by molar-refractivity contribution is -0.00737. The summed E-state index contributed by atoms with van der Waals surface area (Å²) in [6.45, 7) is 4.21. The first kappa shape index (κ1) is 11.9. The van der Waals surface area contributed by atoms with Gasteiger partial charge in [0.2, 0.25) is 0 Å². The fourth-order valence-electron chi connectivity index (χ4n) is 2.38. The molecule has 0 amide bonds. The van der Waals surface area contributed by atoms with Gasteiger partial charge in [0.15, 0.2) is 0 Å². The Bertz CT molecular complexity index is 392. The second-order valence-corrected chi connectivity index (χ2v) is 5.62. The van der Waals surface area contributed by atoms with Gasteiger partial charge in [0.25, 0.3) is 0 Å². The molecule has 0 radical (unpaired) electrons. The van der Waals surface area contributed by atoms with Crippen LogP contribution in [0.4, 0.5) is 0 Å². The summed E-state index contributed by atoms with van der Waals surface area (Å²) in [6.07, 6.45) is 2.29. The summed E-state index contributed by atoms with van der Waals surface area (Å²) < 4.78 is 6.98. The van der Waals surface area contributed by atoms with Crippen molar-refractivity contribution in [2.45, 2.75) is 44.8 Å². The third-order valence-corrected chi connectivity index (χ3v) is 3.58. The van der Waals surface area contributed by atoms with E-state index in [9.17, 15) is 5.11 Å². The summed E-state index contributed by atoms with van der Waals surface area (Å²) in [5, 5.41) is 10.1. The molecule has 1 aliphatic rings. The van der Waals surface area contributed by atoms with Crippen LogP contribution in [0.3, 0.4) is 0 Å². The highest BCUT2D eigenvalue weighted by Crippen LogP contribution is 2.42. The first-order chi connectivity index (χ1) is 7.54. The Kier molecular flexibility index (Phi) is 3.27. The summed E-state index contributed by atoms with van der Waals surface area (Å²) in [5.41, 5.74) is 0.664. The fraction of sp³-hybridized carbons (Fsp3) is 0.538. The lowest BCUT2D eigenvalue weighted by atomic mass is 9.87. The molecular formula is C13H17BrO2. The third-order valence-electron chi connectivity index (χ3n) is 3.09. The largest absolute Gasteiger partial charge is 0.487 e. The molecule has 1 aromatic carbocycles. The molecule has 16 heavy (non-hydrogen) atoms. The summed E-state index contributed by atoms with van der Waals surface area (Å²) in [5.74, 6) is 0.818. The summed E-state index contributed by atoms with van der Waals surface area (Å²) in [6, 6.07) is 5.81. The summed E-state index contributed by atoms with van der Waals surface area (Å²) >= 11 is 3.41. The average molecular weight is 285 g/mol. The van der Waals surface area contributed by atoms with Crippen molar-refractivity contribution in [3.05, 3.63) is 28.2 Å². The molecule has 0 spiro atoms. The number of aliphatic hydroxyl groups excluding tert-OH is 1. The molecule has 3 heteroatoms. The number of ether oxygens (including phenoxy) is 1. The zero-order valence-electron chi connectivity index (χ0n) is 9.66. The third kappa shape index (κ3) is 2.25. The first-order valence-corrected chi connectivity index (χ1v) is 6.50. The van der Waals surface area contributed by atoms with Crippen LogP contribution in [0, 0.1) is 0 Å². The highest BCUT2D eigenvalue weighted by molar-refractivity contribution is 9.10. The maximum atomic E-state index is 10.1. The lowest BCUT2D eigenvalue weighted by Crippen LogP contribution is -2.37. The van der Waals surface area contributed by atoms with E-state index in [0.717, 1.165) is 28.6 Å². The lowest BCUT2D eigenvalue weighted by Gasteiger charge is -2.38. The number of fused-ring (bicyclic) bond motifs is 1. The van der Waals surface area contributed by atoms with Crippen molar-refractivity contribution in [3.8, 4) is 5.75 Å². The maximum absolute atomic E-state index is 10.1. The Morgan fingerprint density at radius 2 is 2.31 bits per heavy atom. The molecule has 0 aliphatic carbocycles. The molecule has 0 aromatic heterocycles. The van der Waals surface area contributed by atoms with E-state index in [2.05, 4.69) is 29.8 Å². The number of aliphatic hydroxyl groups is 1. The van der Waals surface area contributed by atoms with Gasteiger partial charge in [-0.1, -0.05) is 29.3 Å².